The highest BCUT2D eigenvalue weighted by Crippen LogP contribution is 2.42. The molecule has 0 bridgehead atoms. The first-order valence-electron chi connectivity index (χ1n) is 13.6. The zero-order chi connectivity index (χ0) is 27.9. The lowest BCUT2D eigenvalue weighted by Gasteiger charge is -2.33. The number of hydrogen-bond donors (Lipinski definition) is 0. The van der Waals surface area contributed by atoms with Gasteiger partial charge < -0.3 is 14.0 Å². The molecule has 9 heteroatoms. The van der Waals surface area contributed by atoms with Gasteiger partial charge in [0.1, 0.15) is 5.69 Å². The second-order valence-electron chi connectivity index (χ2n) is 9.14. The van der Waals surface area contributed by atoms with Gasteiger partial charge in [-0.3, -0.25) is 4.98 Å². The molecule has 0 spiro atoms. The van der Waals surface area contributed by atoms with Crippen LogP contribution in [-0.2, 0) is 16.6 Å². The van der Waals surface area contributed by atoms with Crippen molar-refractivity contribution in [1.29, 1.82) is 0 Å². The van der Waals surface area contributed by atoms with E-state index in [2.05, 4.69) is 32.0 Å². The van der Waals surface area contributed by atoms with Gasteiger partial charge in [-0.05, 0) is 48.6 Å². The molecule has 186 valence electrons. The van der Waals surface area contributed by atoms with E-state index in [9.17, 15) is 4.79 Å². The van der Waals surface area contributed by atoms with Crippen LogP contribution >= 0.6 is 0 Å². The first-order chi connectivity index (χ1) is 19.3. The molecule has 1 aliphatic heterocycles. The number of benzene rings is 2. The largest absolute Gasteiger partial charge is 0.478 e. The van der Waals surface area contributed by atoms with Gasteiger partial charge >= 0.3 is 0 Å². The molecular weight excluding hydrogens is 468 g/mol. The predicted octanol–water partition coefficient (Wildman–Crippen LogP) is 4.98. The first-order valence-corrected chi connectivity index (χ1v) is 12.1. The standard InChI is InChI=1S/C28H26N6O3/c1-33-27(28(36-2)31-32-33)20-14-24-25(29-16-20)22-9-8-21(30-17-35)15-23(22)34(24)26(18-6-4-3-5-7-18)19-10-12-37-13-11-19/h3-9,14-16,19,26H,10-13H2,1-2H3/t26-/m1/s1/i2D3. The number of nitrogens with zero attached hydrogens (tertiary/aromatic N) is 6. The van der Waals surface area contributed by atoms with Gasteiger partial charge in [-0.2, -0.15) is 4.99 Å². The number of carbonyl (C=O) groups excluding carboxylic acids is 1. The Morgan fingerprint density at radius 2 is 2.00 bits per heavy atom. The van der Waals surface area contributed by atoms with Gasteiger partial charge in [-0.1, -0.05) is 40.6 Å². The minimum atomic E-state index is -2.69. The van der Waals surface area contributed by atoms with Crippen molar-refractivity contribution < 1.29 is 18.4 Å². The van der Waals surface area contributed by atoms with Gasteiger partial charge in [0.05, 0.1) is 39.4 Å². The molecule has 0 radical (unpaired) electrons. The van der Waals surface area contributed by atoms with Crippen molar-refractivity contribution in [3.05, 3.63) is 66.4 Å². The third kappa shape index (κ3) is 3.98. The van der Waals surface area contributed by atoms with E-state index in [1.807, 2.05) is 36.4 Å². The zero-order valence-corrected chi connectivity index (χ0v) is 20.2. The van der Waals surface area contributed by atoms with Crippen LogP contribution in [0, 0.1) is 5.92 Å². The van der Waals surface area contributed by atoms with Gasteiger partial charge in [0.15, 0.2) is 0 Å². The highest BCUT2D eigenvalue weighted by atomic mass is 16.5. The fourth-order valence-electron chi connectivity index (χ4n) is 5.48. The molecule has 9 nitrogen and oxygen atoms in total. The molecule has 5 aromatic rings. The lowest BCUT2D eigenvalue weighted by molar-refractivity contribution is 0.0553. The van der Waals surface area contributed by atoms with Gasteiger partial charge in [-0.15, -0.1) is 0 Å². The van der Waals surface area contributed by atoms with Crippen molar-refractivity contribution in [2.75, 3.05) is 20.3 Å². The number of fused-ring (bicyclic) bond motifs is 3. The van der Waals surface area contributed by atoms with Crippen LogP contribution in [0.4, 0.5) is 5.69 Å². The predicted molar refractivity (Wildman–Crippen MR) is 140 cm³/mol. The number of aromatic nitrogens is 5. The summed E-state index contributed by atoms with van der Waals surface area (Å²) in [5.74, 6) is 0.169. The Bertz CT molecular complexity index is 1740. The van der Waals surface area contributed by atoms with Crippen LogP contribution in [0.3, 0.4) is 0 Å². The molecule has 3 aromatic heterocycles. The Kier molecular flexibility index (Phi) is 5.15. The number of isocyanates is 1. The average molecular weight is 498 g/mol. The van der Waals surface area contributed by atoms with E-state index in [4.69, 9.17) is 18.6 Å². The van der Waals surface area contributed by atoms with Crippen LogP contribution < -0.4 is 4.74 Å². The van der Waals surface area contributed by atoms with Crippen LogP contribution in [0.5, 0.6) is 5.88 Å². The lowest BCUT2D eigenvalue weighted by atomic mass is 9.86. The van der Waals surface area contributed by atoms with Crippen LogP contribution in [-0.4, -0.2) is 50.9 Å². The summed E-state index contributed by atoms with van der Waals surface area (Å²) in [5.41, 5.74) is 5.11. The summed E-state index contributed by atoms with van der Waals surface area (Å²) in [7, 11) is -1.01. The van der Waals surface area contributed by atoms with Crippen molar-refractivity contribution in [2.24, 2.45) is 18.0 Å². The second kappa shape index (κ2) is 9.61. The molecule has 0 aliphatic carbocycles. The molecular formula is C28H26N6O3. The molecule has 0 N–H and O–H groups in total. The molecule has 6 rings (SSSR count). The van der Waals surface area contributed by atoms with Gasteiger partial charge in [-0.25, -0.2) is 9.48 Å². The highest BCUT2D eigenvalue weighted by Gasteiger charge is 2.30. The Balaban J connectivity index is 1.65. The number of aryl methyl sites for hydroxylation is 1. The van der Waals surface area contributed by atoms with E-state index in [1.165, 1.54) is 4.68 Å². The van der Waals surface area contributed by atoms with E-state index in [-0.39, 0.29) is 17.8 Å². The minimum absolute atomic E-state index is 0.0691. The summed E-state index contributed by atoms with van der Waals surface area (Å²) in [5, 5.41) is 8.85. The fourth-order valence-corrected chi connectivity index (χ4v) is 5.48. The normalized spacial score (nSPS) is 16.6. The van der Waals surface area contributed by atoms with E-state index in [1.54, 1.807) is 25.4 Å². The van der Waals surface area contributed by atoms with Gasteiger partial charge in [0.25, 0.3) is 5.88 Å². The molecule has 1 saturated heterocycles. The van der Waals surface area contributed by atoms with E-state index in [0.717, 1.165) is 40.3 Å². The summed E-state index contributed by atoms with van der Waals surface area (Å²) in [6.07, 6.45) is 5.06. The number of pyridine rings is 1. The minimum Gasteiger partial charge on any atom is -0.478 e. The van der Waals surface area contributed by atoms with Crippen molar-refractivity contribution >= 4 is 33.7 Å². The number of rotatable bonds is 6. The summed E-state index contributed by atoms with van der Waals surface area (Å²) in [4.78, 5) is 19.8. The molecule has 2 aromatic carbocycles. The average Bonchev–Trinajstić information content (AvgIpc) is 3.45. The van der Waals surface area contributed by atoms with Crippen molar-refractivity contribution in [2.45, 2.75) is 18.9 Å². The van der Waals surface area contributed by atoms with Crippen molar-refractivity contribution in [3.8, 4) is 17.1 Å². The maximum atomic E-state index is 11.1. The fraction of sp³-hybridized carbons (Fsp3) is 0.286. The molecule has 0 amide bonds. The van der Waals surface area contributed by atoms with Gasteiger partial charge in [0, 0.05) is 37.4 Å². The molecule has 37 heavy (non-hydrogen) atoms. The Morgan fingerprint density at radius 3 is 2.78 bits per heavy atom. The highest BCUT2D eigenvalue weighted by molar-refractivity contribution is 6.07. The van der Waals surface area contributed by atoms with E-state index >= 15 is 0 Å². The summed E-state index contributed by atoms with van der Waals surface area (Å²) in [6.45, 7) is 1.34. The summed E-state index contributed by atoms with van der Waals surface area (Å²) < 4.78 is 37.3. The topological polar surface area (TPSA) is 96.4 Å². The summed E-state index contributed by atoms with van der Waals surface area (Å²) in [6, 6.07) is 17.8. The Hall–Kier alpha value is -4.33. The number of methoxy groups -OCH3 is 1. The SMILES string of the molecule is [2H]C([2H])([2H])Oc1nnn(C)c1-c1cnc2c3ccc(N=C=O)cc3n([C@H](c3ccccc3)C3CCOCC3)c2c1. The molecule has 1 fully saturated rings. The maximum Gasteiger partial charge on any atom is 0.261 e. The van der Waals surface area contributed by atoms with Crippen molar-refractivity contribution in [1.82, 2.24) is 24.5 Å². The van der Waals surface area contributed by atoms with Crippen LogP contribution in [0.25, 0.3) is 33.2 Å². The molecule has 1 aliphatic rings. The quantitative estimate of drug-likeness (QED) is 0.243. The second-order valence-corrected chi connectivity index (χ2v) is 9.14. The Morgan fingerprint density at radius 1 is 1.16 bits per heavy atom. The number of hydrogen-bond acceptors (Lipinski definition) is 7. The third-order valence-electron chi connectivity index (χ3n) is 7.10. The maximum absolute atomic E-state index is 11.1. The monoisotopic (exact) mass is 497 g/mol. The lowest BCUT2D eigenvalue weighted by Crippen LogP contribution is -2.26. The molecule has 0 saturated carbocycles. The van der Waals surface area contributed by atoms with E-state index in [0.29, 0.717) is 30.2 Å². The first kappa shape index (κ1) is 19.8. The number of aliphatic imine (C=N–C) groups is 1. The van der Waals surface area contributed by atoms with Crippen LogP contribution in [0.1, 0.15) is 28.6 Å². The number of ether oxygens (including phenoxy) is 2. The zero-order valence-electron chi connectivity index (χ0n) is 23.2. The third-order valence-corrected chi connectivity index (χ3v) is 7.10. The summed E-state index contributed by atoms with van der Waals surface area (Å²) >= 11 is 0. The van der Waals surface area contributed by atoms with Crippen LogP contribution in [0.15, 0.2) is 65.8 Å². The van der Waals surface area contributed by atoms with E-state index < -0.39 is 7.04 Å². The van der Waals surface area contributed by atoms with Gasteiger partial charge in [0.2, 0.25) is 6.08 Å². The molecule has 0 unspecified atom stereocenters. The molecule has 4 heterocycles. The Labute approximate surface area is 217 Å². The van der Waals surface area contributed by atoms with Crippen molar-refractivity contribution in [3.63, 3.8) is 0 Å². The smallest absolute Gasteiger partial charge is 0.261 e. The molecule has 1 atom stereocenters. The van der Waals surface area contributed by atoms with Crippen LogP contribution in [0.2, 0.25) is 0 Å².